The van der Waals surface area contributed by atoms with Crippen molar-refractivity contribution in [2.45, 2.75) is 58.8 Å². The minimum atomic E-state index is -1.01. The van der Waals surface area contributed by atoms with Crippen LogP contribution in [0.15, 0.2) is 30.5 Å². The molecule has 0 unspecified atom stereocenters. The molecule has 0 saturated heterocycles. The van der Waals surface area contributed by atoms with E-state index >= 15 is 0 Å². The van der Waals surface area contributed by atoms with Gasteiger partial charge in [-0.25, -0.2) is 4.79 Å². The van der Waals surface area contributed by atoms with Crippen molar-refractivity contribution in [3.8, 4) is 11.5 Å². The van der Waals surface area contributed by atoms with Crippen LogP contribution in [0.2, 0.25) is 0 Å². The molecule has 1 aromatic rings. The lowest BCUT2D eigenvalue weighted by Gasteiger charge is -2.10. The molecule has 0 radical (unpaired) electrons. The Balaban J connectivity index is 2.50. The highest BCUT2D eigenvalue weighted by Gasteiger charge is 2.12. The van der Waals surface area contributed by atoms with Crippen molar-refractivity contribution >= 4 is 5.97 Å². The van der Waals surface area contributed by atoms with Crippen molar-refractivity contribution < 1.29 is 19.4 Å². The average Bonchev–Trinajstić information content (AvgIpc) is 2.54. The first-order valence-electron chi connectivity index (χ1n) is 8.50. The van der Waals surface area contributed by atoms with Gasteiger partial charge in [0.1, 0.15) is 17.1 Å². The fraction of sp³-hybridized carbons (Fsp3) is 0.526. The summed E-state index contributed by atoms with van der Waals surface area (Å²) in [7, 11) is 0. The summed E-state index contributed by atoms with van der Waals surface area (Å²) in [5.41, 5.74) is 0.137. The number of ether oxygens (including phenoxy) is 2. The predicted molar refractivity (Wildman–Crippen MR) is 92.3 cm³/mol. The molecule has 128 valence electrons. The van der Waals surface area contributed by atoms with Crippen LogP contribution in [-0.2, 0) is 0 Å². The highest BCUT2D eigenvalue weighted by molar-refractivity contribution is 5.91. The predicted octanol–water partition coefficient (Wildman–Crippen LogP) is 5.43. The van der Waals surface area contributed by atoms with Crippen molar-refractivity contribution in [1.29, 1.82) is 0 Å². The van der Waals surface area contributed by atoms with Gasteiger partial charge in [-0.05, 0) is 31.1 Å². The molecular formula is C19H28O4. The summed E-state index contributed by atoms with van der Waals surface area (Å²) in [4.78, 5) is 11.2. The monoisotopic (exact) mass is 320 g/mol. The number of hydrogen-bond donors (Lipinski definition) is 1. The summed E-state index contributed by atoms with van der Waals surface area (Å²) in [6.45, 7) is 4.83. The zero-order chi connectivity index (χ0) is 16.9. The Morgan fingerprint density at radius 2 is 1.87 bits per heavy atom. The van der Waals surface area contributed by atoms with Crippen molar-refractivity contribution in [1.82, 2.24) is 0 Å². The molecule has 0 spiro atoms. The number of allylic oxidation sites excluding steroid dienone is 1. The van der Waals surface area contributed by atoms with E-state index < -0.39 is 5.97 Å². The highest BCUT2D eigenvalue weighted by atomic mass is 16.5. The fourth-order valence-electron chi connectivity index (χ4n) is 2.16. The molecule has 0 aromatic heterocycles. The van der Waals surface area contributed by atoms with Gasteiger partial charge in [0, 0.05) is 6.07 Å². The highest BCUT2D eigenvalue weighted by Crippen LogP contribution is 2.25. The molecule has 4 nitrogen and oxygen atoms in total. The lowest BCUT2D eigenvalue weighted by atomic mass is 10.1. The van der Waals surface area contributed by atoms with Gasteiger partial charge >= 0.3 is 5.97 Å². The molecule has 1 rings (SSSR count). The Kier molecular flexibility index (Phi) is 9.60. The summed E-state index contributed by atoms with van der Waals surface area (Å²) in [5.74, 6) is -0.0570. The van der Waals surface area contributed by atoms with E-state index in [0.717, 1.165) is 19.3 Å². The van der Waals surface area contributed by atoms with Crippen LogP contribution in [-0.4, -0.2) is 17.7 Å². The number of benzene rings is 1. The molecule has 0 bridgehead atoms. The summed E-state index contributed by atoms with van der Waals surface area (Å²) in [5, 5.41) is 9.19. The number of aromatic carboxylic acids is 1. The third-order valence-electron chi connectivity index (χ3n) is 3.48. The molecule has 0 saturated carbocycles. The first-order chi connectivity index (χ1) is 11.2. The van der Waals surface area contributed by atoms with E-state index in [9.17, 15) is 9.90 Å². The fourth-order valence-corrected chi connectivity index (χ4v) is 2.16. The van der Waals surface area contributed by atoms with Crippen LogP contribution in [0.25, 0.3) is 0 Å². The maximum atomic E-state index is 11.2. The number of hydrogen-bond acceptors (Lipinski definition) is 3. The Morgan fingerprint density at radius 3 is 2.57 bits per heavy atom. The van der Waals surface area contributed by atoms with Gasteiger partial charge < -0.3 is 14.6 Å². The number of carboxylic acid groups (broad SMARTS) is 1. The van der Waals surface area contributed by atoms with E-state index in [4.69, 9.17) is 9.47 Å². The van der Waals surface area contributed by atoms with Crippen molar-refractivity contribution in [2.24, 2.45) is 0 Å². The first kappa shape index (κ1) is 19.1. The van der Waals surface area contributed by atoms with Crippen molar-refractivity contribution in [2.75, 3.05) is 6.61 Å². The molecule has 4 heteroatoms. The van der Waals surface area contributed by atoms with Crippen LogP contribution in [0.1, 0.15) is 69.2 Å². The lowest BCUT2D eigenvalue weighted by molar-refractivity contribution is 0.0694. The molecular weight excluding hydrogens is 292 g/mol. The molecule has 0 fully saturated rings. The van der Waals surface area contributed by atoms with E-state index in [0.29, 0.717) is 18.1 Å². The Morgan fingerprint density at radius 1 is 1.13 bits per heavy atom. The second kappa shape index (κ2) is 11.6. The standard InChI is InChI=1S/C19H28O4/c1-3-5-7-8-9-10-14-22-16-11-12-17(19(20)21)18(15-16)23-13-6-4-2/h6,11-13,15H,3-5,7-10,14H2,1-2H3,(H,20,21)/b13-6+. The molecule has 0 heterocycles. The average molecular weight is 320 g/mol. The maximum Gasteiger partial charge on any atom is 0.339 e. The van der Waals surface area contributed by atoms with Gasteiger partial charge in [-0.1, -0.05) is 46.0 Å². The van der Waals surface area contributed by atoms with Gasteiger partial charge in [0.25, 0.3) is 0 Å². The number of carboxylic acids is 1. The van der Waals surface area contributed by atoms with Gasteiger partial charge in [0.05, 0.1) is 12.9 Å². The van der Waals surface area contributed by atoms with Gasteiger partial charge in [-0.15, -0.1) is 0 Å². The van der Waals surface area contributed by atoms with Crippen molar-refractivity contribution in [3.63, 3.8) is 0 Å². The smallest absolute Gasteiger partial charge is 0.339 e. The van der Waals surface area contributed by atoms with E-state index in [1.165, 1.54) is 38.0 Å². The van der Waals surface area contributed by atoms with Crippen LogP contribution in [0.4, 0.5) is 0 Å². The number of unbranched alkanes of at least 4 members (excludes halogenated alkanes) is 5. The third-order valence-corrected chi connectivity index (χ3v) is 3.48. The Bertz CT molecular complexity index is 494. The molecule has 0 aliphatic rings. The van der Waals surface area contributed by atoms with E-state index in [-0.39, 0.29) is 5.56 Å². The normalized spacial score (nSPS) is 10.9. The summed E-state index contributed by atoms with van der Waals surface area (Å²) in [6.07, 6.45) is 11.4. The first-order valence-corrected chi connectivity index (χ1v) is 8.50. The van der Waals surface area contributed by atoms with Crippen LogP contribution in [0, 0.1) is 0 Å². The van der Waals surface area contributed by atoms with Crippen LogP contribution in [0.5, 0.6) is 11.5 Å². The molecule has 1 N–H and O–H groups in total. The second-order valence-electron chi connectivity index (χ2n) is 5.48. The van der Waals surface area contributed by atoms with Gasteiger partial charge in [0.15, 0.2) is 0 Å². The minimum Gasteiger partial charge on any atom is -0.493 e. The number of rotatable bonds is 12. The molecule has 0 aliphatic carbocycles. The van der Waals surface area contributed by atoms with E-state index in [2.05, 4.69) is 6.92 Å². The Hall–Kier alpha value is -1.97. The minimum absolute atomic E-state index is 0.137. The molecule has 0 aliphatic heterocycles. The zero-order valence-corrected chi connectivity index (χ0v) is 14.2. The molecule has 23 heavy (non-hydrogen) atoms. The number of carbonyl (C=O) groups is 1. The third kappa shape index (κ3) is 7.73. The topological polar surface area (TPSA) is 55.8 Å². The lowest BCUT2D eigenvalue weighted by Crippen LogP contribution is -2.02. The maximum absolute atomic E-state index is 11.2. The summed E-state index contributed by atoms with van der Waals surface area (Å²) < 4.78 is 11.1. The van der Waals surface area contributed by atoms with Crippen LogP contribution in [0.3, 0.4) is 0 Å². The summed E-state index contributed by atoms with van der Waals surface area (Å²) >= 11 is 0. The SMILES string of the molecule is CC/C=C/Oc1cc(OCCCCCCCC)ccc1C(=O)O. The Labute approximate surface area is 139 Å². The van der Waals surface area contributed by atoms with E-state index in [1.54, 1.807) is 12.1 Å². The van der Waals surface area contributed by atoms with Crippen LogP contribution >= 0.6 is 0 Å². The van der Waals surface area contributed by atoms with Crippen molar-refractivity contribution in [3.05, 3.63) is 36.1 Å². The van der Waals surface area contributed by atoms with Gasteiger partial charge in [0.2, 0.25) is 0 Å². The summed E-state index contributed by atoms with van der Waals surface area (Å²) in [6, 6.07) is 4.84. The second-order valence-corrected chi connectivity index (χ2v) is 5.48. The van der Waals surface area contributed by atoms with Crippen LogP contribution < -0.4 is 9.47 Å². The van der Waals surface area contributed by atoms with Gasteiger partial charge in [-0.3, -0.25) is 0 Å². The molecule has 1 aromatic carbocycles. The molecule has 0 amide bonds. The largest absolute Gasteiger partial charge is 0.493 e. The van der Waals surface area contributed by atoms with E-state index in [1.807, 2.05) is 13.0 Å². The zero-order valence-electron chi connectivity index (χ0n) is 14.2. The quantitative estimate of drug-likeness (QED) is 0.412. The molecule has 0 atom stereocenters. The van der Waals surface area contributed by atoms with Gasteiger partial charge in [-0.2, -0.15) is 0 Å².